The zero-order valence-electron chi connectivity index (χ0n) is 14.7. The van der Waals surface area contributed by atoms with E-state index in [1.165, 1.54) is 51.6 Å². The van der Waals surface area contributed by atoms with Crippen LogP contribution in [0.2, 0.25) is 0 Å². The van der Waals surface area contributed by atoms with Crippen LogP contribution in [0.3, 0.4) is 0 Å². The van der Waals surface area contributed by atoms with Crippen molar-refractivity contribution in [2.75, 3.05) is 32.7 Å². The fourth-order valence-electron chi connectivity index (χ4n) is 4.81. The van der Waals surface area contributed by atoms with Gasteiger partial charge in [0.25, 0.3) is 0 Å². The molecule has 132 valence electrons. The predicted molar refractivity (Wildman–Crippen MR) is 94.1 cm³/mol. The minimum absolute atomic E-state index is 0.258. The van der Waals surface area contributed by atoms with E-state index < -0.39 is 0 Å². The van der Waals surface area contributed by atoms with Crippen molar-refractivity contribution in [1.29, 1.82) is 0 Å². The number of amides is 1. The molecule has 2 N–H and O–H groups in total. The van der Waals surface area contributed by atoms with Gasteiger partial charge in [-0.05, 0) is 50.5 Å². The van der Waals surface area contributed by atoms with Crippen molar-refractivity contribution in [3.63, 3.8) is 0 Å². The molecule has 1 heterocycles. The van der Waals surface area contributed by atoms with E-state index in [-0.39, 0.29) is 6.04 Å². The molecule has 3 rings (SSSR count). The Kier molecular flexibility index (Phi) is 6.35. The molecule has 0 bridgehead atoms. The minimum Gasteiger partial charge on any atom is -0.341 e. The molecule has 2 atom stereocenters. The average molecular weight is 322 g/mol. The topological polar surface area (TPSA) is 49.6 Å². The molecule has 2 saturated carbocycles. The van der Waals surface area contributed by atoms with Gasteiger partial charge in [-0.1, -0.05) is 25.7 Å². The maximum Gasteiger partial charge on any atom is 0.222 e. The summed E-state index contributed by atoms with van der Waals surface area (Å²) in [5.41, 5.74) is 6.13. The van der Waals surface area contributed by atoms with E-state index in [1.54, 1.807) is 0 Å². The quantitative estimate of drug-likeness (QED) is 0.866. The van der Waals surface area contributed by atoms with Gasteiger partial charge in [-0.15, -0.1) is 0 Å². The van der Waals surface area contributed by atoms with Crippen LogP contribution in [0, 0.1) is 11.8 Å². The number of nitrogens with two attached hydrogens (primary N) is 1. The van der Waals surface area contributed by atoms with Gasteiger partial charge in [0.15, 0.2) is 0 Å². The van der Waals surface area contributed by atoms with Crippen LogP contribution in [-0.4, -0.2) is 54.5 Å². The Bertz CT molecular complexity index is 381. The monoisotopic (exact) mass is 321 g/mol. The van der Waals surface area contributed by atoms with E-state index in [9.17, 15) is 4.79 Å². The largest absolute Gasteiger partial charge is 0.341 e. The summed E-state index contributed by atoms with van der Waals surface area (Å²) in [5.74, 6) is 1.69. The van der Waals surface area contributed by atoms with Crippen LogP contribution in [0.15, 0.2) is 0 Å². The molecule has 2 aliphatic carbocycles. The molecule has 4 heteroatoms. The van der Waals surface area contributed by atoms with Gasteiger partial charge in [0.2, 0.25) is 5.91 Å². The molecule has 1 amide bonds. The van der Waals surface area contributed by atoms with Crippen molar-refractivity contribution in [2.45, 2.75) is 70.3 Å². The lowest BCUT2D eigenvalue weighted by Crippen LogP contribution is -2.38. The van der Waals surface area contributed by atoms with E-state index in [0.29, 0.717) is 18.2 Å². The Hall–Kier alpha value is -0.610. The number of rotatable bonds is 4. The Balaban J connectivity index is 1.43. The molecule has 3 fully saturated rings. The SMILES string of the molecule is N[C@@H]1CCC[C@H]1CC(=O)N1CCCN(CC2CCCCC2)CC1. The smallest absolute Gasteiger partial charge is 0.222 e. The van der Waals surface area contributed by atoms with Crippen LogP contribution < -0.4 is 5.73 Å². The molecular weight excluding hydrogens is 286 g/mol. The first-order valence-electron chi connectivity index (χ1n) is 9.98. The van der Waals surface area contributed by atoms with Gasteiger partial charge in [0.05, 0.1) is 0 Å². The minimum atomic E-state index is 0.258. The summed E-state index contributed by atoms with van der Waals surface area (Å²) < 4.78 is 0. The molecule has 1 aliphatic heterocycles. The Labute approximate surface area is 141 Å². The third-order valence-electron chi connectivity index (χ3n) is 6.34. The fourth-order valence-corrected chi connectivity index (χ4v) is 4.81. The van der Waals surface area contributed by atoms with Gasteiger partial charge in [-0.25, -0.2) is 0 Å². The van der Waals surface area contributed by atoms with E-state index in [4.69, 9.17) is 5.73 Å². The highest BCUT2D eigenvalue weighted by molar-refractivity contribution is 5.76. The normalized spacial score (nSPS) is 31.3. The molecule has 1 saturated heterocycles. The molecule has 0 spiro atoms. The summed E-state index contributed by atoms with van der Waals surface area (Å²) >= 11 is 0. The zero-order chi connectivity index (χ0) is 16.1. The molecule has 0 radical (unpaired) electrons. The average Bonchev–Trinajstić information content (AvgIpc) is 2.82. The highest BCUT2D eigenvalue weighted by Gasteiger charge is 2.29. The first-order valence-corrected chi connectivity index (χ1v) is 9.98. The van der Waals surface area contributed by atoms with Crippen LogP contribution in [0.4, 0.5) is 0 Å². The highest BCUT2D eigenvalue weighted by atomic mass is 16.2. The van der Waals surface area contributed by atoms with Gasteiger partial charge >= 0.3 is 0 Å². The maximum absolute atomic E-state index is 12.6. The Morgan fingerprint density at radius 1 is 0.870 bits per heavy atom. The van der Waals surface area contributed by atoms with Crippen LogP contribution in [0.1, 0.15) is 64.2 Å². The third kappa shape index (κ3) is 4.93. The lowest BCUT2D eigenvalue weighted by molar-refractivity contribution is -0.132. The summed E-state index contributed by atoms with van der Waals surface area (Å²) in [6.45, 7) is 5.37. The van der Waals surface area contributed by atoms with E-state index in [1.807, 2.05) is 0 Å². The molecule has 4 nitrogen and oxygen atoms in total. The van der Waals surface area contributed by atoms with Crippen LogP contribution in [0.5, 0.6) is 0 Å². The Morgan fingerprint density at radius 2 is 1.70 bits per heavy atom. The summed E-state index contributed by atoms with van der Waals surface area (Å²) in [6, 6.07) is 0.258. The van der Waals surface area contributed by atoms with Crippen LogP contribution in [-0.2, 0) is 4.79 Å². The zero-order valence-corrected chi connectivity index (χ0v) is 14.7. The van der Waals surface area contributed by atoms with Gasteiger partial charge in [0.1, 0.15) is 0 Å². The molecule has 3 aliphatic rings. The molecular formula is C19H35N3O. The first-order chi connectivity index (χ1) is 11.2. The van der Waals surface area contributed by atoms with Crippen molar-refractivity contribution < 1.29 is 4.79 Å². The third-order valence-corrected chi connectivity index (χ3v) is 6.34. The van der Waals surface area contributed by atoms with Crippen molar-refractivity contribution in [3.8, 4) is 0 Å². The van der Waals surface area contributed by atoms with Gasteiger partial charge in [-0.3, -0.25) is 4.79 Å². The summed E-state index contributed by atoms with van der Waals surface area (Å²) in [7, 11) is 0. The van der Waals surface area contributed by atoms with Crippen molar-refractivity contribution >= 4 is 5.91 Å². The van der Waals surface area contributed by atoms with E-state index in [0.717, 1.165) is 44.8 Å². The van der Waals surface area contributed by atoms with Gasteiger partial charge < -0.3 is 15.5 Å². The van der Waals surface area contributed by atoms with Crippen molar-refractivity contribution in [2.24, 2.45) is 17.6 Å². The first kappa shape index (κ1) is 17.2. The second kappa shape index (κ2) is 8.48. The highest BCUT2D eigenvalue weighted by Crippen LogP contribution is 2.28. The molecule has 0 aromatic heterocycles. The van der Waals surface area contributed by atoms with E-state index in [2.05, 4.69) is 9.80 Å². The number of carbonyl (C=O) groups is 1. The second-order valence-corrected chi connectivity index (χ2v) is 8.10. The standard InChI is InChI=1S/C19H35N3O/c20-18-9-4-8-17(18)14-19(23)22-11-5-10-21(12-13-22)15-16-6-2-1-3-7-16/h16-18H,1-15,20H2/t17-,18+/m0/s1. The molecule has 0 unspecified atom stereocenters. The Morgan fingerprint density at radius 3 is 2.43 bits per heavy atom. The van der Waals surface area contributed by atoms with Gasteiger partial charge in [-0.2, -0.15) is 0 Å². The predicted octanol–water partition coefficient (Wildman–Crippen LogP) is 2.62. The fraction of sp³-hybridized carbons (Fsp3) is 0.947. The lowest BCUT2D eigenvalue weighted by Gasteiger charge is -2.29. The summed E-state index contributed by atoms with van der Waals surface area (Å²) in [6.07, 6.45) is 12.4. The number of hydrogen-bond acceptors (Lipinski definition) is 3. The number of nitrogens with zero attached hydrogens (tertiary/aromatic N) is 2. The molecule has 0 aromatic carbocycles. The lowest BCUT2D eigenvalue weighted by atomic mass is 9.89. The maximum atomic E-state index is 12.6. The van der Waals surface area contributed by atoms with Gasteiger partial charge in [0, 0.05) is 38.6 Å². The summed E-state index contributed by atoms with van der Waals surface area (Å²) in [5, 5.41) is 0. The van der Waals surface area contributed by atoms with Crippen molar-refractivity contribution in [3.05, 3.63) is 0 Å². The van der Waals surface area contributed by atoms with Crippen LogP contribution >= 0.6 is 0 Å². The molecule has 23 heavy (non-hydrogen) atoms. The summed E-state index contributed by atoms with van der Waals surface area (Å²) in [4.78, 5) is 17.3. The van der Waals surface area contributed by atoms with Crippen LogP contribution in [0.25, 0.3) is 0 Å². The molecule has 0 aromatic rings. The van der Waals surface area contributed by atoms with Crippen molar-refractivity contribution in [1.82, 2.24) is 9.80 Å². The second-order valence-electron chi connectivity index (χ2n) is 8.10. The number of carbonyl (C=O) groups excluding carboxylic acids is 1. The number of hydrogen-bond donors (Lipinski definition) is 1. The van der Waals surface area contributed by atoms with E-state index >= 15 is 0 Å².